The molecule has 4 heteroatoms. The molecule has 0 radical (unpaired) electrons. The van der Waals surface area contributed by atoms with Gasteiger partial charge in [-0.1, -0.05) is 45.0 Å². The minimum atomic E-state index is -4.20. The minimum absolute atomic E-state index is 0.0104. The van der Waals surface area contributed by atoms with Crippen molar-refractivity contribution in [1.29, 1.82) is 0 Å². The summed E-state index contributed by atoms with van der Waals surface area (Å²) in [5.74, 6) is -1.37. The van der Waals surface area contributed by atoms with E-state index in [0.717, 1.165) is 11.1 Å². The molecule has 0 saturated heterocycles. The van der Waals surface area contributed by atoms with Gasteiger partial charge in [0.2, 0.25) is 0 Å². The van der Waals surface area contributed by atoms with Crippen molar-refractivity contribution in [3.8, 4) is 0 Å². The summed E-state index contributed by atoms with van der Waals surface area (Å²) in [6, 6.07) is 7.50. The minimum Gasteiger partial charge on any atom is -0.311 e. The van der Waals surface area contributed by atoms with E-state index in [1.807, 2.05) is 39.0 Å². The second kappa shape index (κ2) is 6.61. The molecule has 0 heterocycles. The van der Waals surface area contributed by atoms with E-state index in [4.69, 9.17) is 0 Å². The van der Waals surface area contributed by atoms with Crippen LogP contribution in [-0.2, 0) is 11.8 Å². The molecule has 0 aliphatic rings. The van der Waals surface area contributed by atoms with Crippen LogP contribution in [0.3, 0.4) is 0 Å². The molecule has 0 bridgehead atoms. The molecule has 0 aromatic heterocycles. The Bertz CT molecular complexity index is 478. The van der Waals surface area contributed by atoms with Gasteiger partial charge in [0.25, 0.3) is 0 Å². The third kappa shape index (κ3) is 6.39. The van der Waals surface area contributed by atoms with Crippen molar-refractivity contribution < 1.29 is 13.2 Å². The summed E-state index contributed by atoms with van der Waals surface area (Å²) in [5.41, 5.74) is 1.42. The summed E-state index contributed by atoms with van der Waals surface area (Å²) >= 11 is 0. The first-order valence-electron chi connectivity index (χ1n) is 7.70. The van der Waals surface area contributed by atoms with Crippen LogP contribution in [0.2, 0.25) is 0 Å². The van der Waals surface area contributed by atoms with Crippen LogP contribution in [-0.4, -0.2) is 18.3 Å². The highest BCUT2D eigenvalue weighted by Crippen LogP contribution is 2.30. The lowest BCUT2D eigenvalue weighted by molar-refractivity contribution is -0.173. The summed E-state index contributed by atoms with van der Waals surface area (Å²) in [4.78, 5) is 0. The predicted molar refractivity (Wildman–Crippen MR) is 86.1 cm³/mol. The lowest BCUT2D eigenvalue weighted by Crippen LogP contribution is -2.43. The number of nitrogens with one attached hydrogen (secondary N) is 1. The molecule has 1 nitrogen and oxygen atoms in total. The summed E-state index contributed by atoms with van der Waals surface area (Å²) in [6.07, 6.45) is -4.19. The van der Waals surface area contributed by atoms with Crippen LogP contribution >= 0.6 is 0 Å². The van der Waals surface area contributed by atoms with Crippen LogP contribution in [0.15, 0.2) is 24.3 Å². The summed E-state index contributed by atoms with van der Waals surface area (Å²) in [7, 11) is 0. The molecule has 1 aromatic carbocycles. The van der Waals surface area contributed by atoms with Crippen LogP contribution in [0.4, 0.5) is 13.2 Å². The van der Waals surface area contributed by atoms with Crippen LogP contribution < -0.4 is 5.32 Å². The van der Waals surface area contributed by atoms with Crippen molar-refractivity contribution in [2.45, 2.75) is 65.1 Å². The van der Waals surface area contributed by atoms with Crippen molar-refractivity contribution in [3.63, 3.8) is 0 Å². The average molecular weight is 315 g/mol. The highest BCUT2D eigenvalue weighted by Gasteiger charge is 2.39. The maximum Gasteiger partial charge on any atom is 0.393 e. The third-order valence-electron chi connectivity index (χ3n) is 3.62. The molecule has 1 atom stereocenters. The zero-order chi connectivity index (χ0) is 17.2. The Labute approximate surface area is 132 Å². The zero-order valence-corrected chi connectivity index (χ0v) is 14.4. The van der Waals surface area contributed by atoms with Crippen LogP contribution in [0.5, 0.6) is 0 Å². The van der Waals surface area contributed by atoms with Gasteiger partial charge in [-0.3, -0.25) is 0 Å². The Balaban J connectivity index is 2.91. The molecule has 22 heavy (non-hydrogen) atoms. The topological polar surface area (TPSA) is 12.0 Å². The zero-order valence-electron chi connectivity index (χ0n) is 14.4. The van der Waals surface area contributed by atoms with E-state index < -0.39 is 12.1 Å². The second-order valence-electron chi connectivity index (χ2n) is 8.02. The first-order chi connectivity index (χ1) is 9.79. The van der Waals surface area contributed by atoms with E-state index in [9.17, 15) is 13.2 Å². The molecule has 0 spiro atoms. The molecule has 126 valence electrons. The maximum atomic E-state index is 13.3. The first-order valence-corrected chi connectivity index (χ1v) is 7.70. The van der Waals surface area contributed by atoms with E-state index >= 15 is 0 Å². The standard InChI is InChI=1S/C18H28F3N/c1-16(2,3)14-9-7-8-13(10-14)11-15(18(19,20)21)12-22-17(4,5)6/h7-10,15,22H,11-12H2,1-6H3/t15-/m1/s1. The molecule has 1 N–H and O–H groups in total. The number of alkyl halides is 3. The highest BCUT2D eigenvalue weighted by molar-refractivity contribution is 5.29. The number of halogens is 3. The maximum absolute atomic E-state index is 13.3. The number of hydrogen-bond acceptors (Lipinski definition) is 1. The molecule has 0 amide bonds. The van der Waals surface area contributed by atoms with Gasteiger partial charge in [0.1, 0.15) is 0 Å². The van der Waals surface area contributed by atoms with Crippen LogP contribution in [0.1, 0.15) is 52.7 Å². The van der Waals surface area contributed by atoms with E-state index in [0.29, 0.717) is 0 Å². The number of benzene rings is 1. The van der Waals surface area contributed by atoms with Gasteiger partial charge >= 0.3 is 6.18 Å². The van der Waals surface area contributed by atoms with E-state index in [2.05, 4.69) is 26.1 Å². The second-order valence-corrected chi connectivity index (χ2v) is 8.02. The van der Waals surface area contributed by atoms with E-state index in [1.54, 1.807) is 6.07 Å². The van der Waals surface area contributed by atoms with Gasteiger partial charge in [-0.2, -0.15) is 13.2 Å². The lowest BCUT2D eigenvalue weighted by Gasteiger charge is -2.27. The Morgan fingerprint density at radius 1 is 1.00 bits per heavy atom. The van der Waals surface area contributed by atoms with Gasteiger partial charge in [-0.25, -0.2) is 0 Å². The first kappa shape index (κ1) is 19.0. The van der Waals surface area contributed by atoms with Gasteiger partial charge in [0.15, 0.2) is 0 Å². The smallest absolute Gasteiger partial charge is 0.311 e. The van der Waals surface area contributed by atoms with Crippen LogP contribution in [0, 0.1) is 5.92 Å². The molecular formula is C18H28F3N. The molecule has 0 fully saturated rings. The Kier molecular flexibility index (Phi) is 5.71. The molecule has 0 unspecified atom stereocenters. The molecule has 0 aliphatic heterocycles. The largest absolute Gasteiger partial charge is 0.393 e. The summed E-state index contributed by atoms with van der Waals surface area (Å²) in [6.45, 7) is 11.8. The third-order valence-corrected chi connectivity index (χ3v) is 3.62. The Morgan fingerprint density at radius 3 is 2.05 bits per heavy atom. The fourth-order valence-corrected chi connectivity index (χ4v) is 2.18. The highest BCUT2D eigenvalue weighted by atomic mass is 19.4. The predicted octanol–water partition coefficient (Wildman–Crippen LogP) is 5.09. The molecule has 1 aromatic rings. The fraction of sp³-hybridized carbons (Fsp3) is 0.667. The van der Waals surface area contributed by atoms with E-state index in [1.165, 1.54) is 0 Å². The lowest BCUT2D eigenvalue weighted by atomic mass is 9.85. The fourth-order valence-electron chi connectivity index (χ4n) is 2.18. The average Bonchev–Trinajstić information content (AvgIpc) is 2.31. The number of hydrogen-bond donors (Lipinski definition) is 1. The van der Waals surface area contributed by atoms with Crippen molar-refractivity contribution in [2.24, 2.45) is 5.92 Å². The van der Waals surface area contributed by atoms with Gasteiger partial charge in [0, 0.05) is 12.1 Å². The van der Waals surface area contributed by atoms with Crippen LogP contribution in [0.25, 0.3) is 0 Å². The van der Waals surface area contributed by atoms with Gasteiger partial charge < -0.3 is 5.32 Å². The van der Waals surface area contributed by atoms with Crippen molar-refractivity contribution >= 4 is 0 Å². The van der Waals surface area contributed by atoms with Gasteiger partial charge in [-0.15, -0.1) is 0 Å². The SMILES string of the molecule is CC(C)(C)NC[C@@H](Cc1cccc(C(C)(C)C)c1)C(F)(F)F. The molecule has 0 aliphatic carbocycles. The summed E-state index contributed by atoms with van der Waals surface area (Å²) < 4.78 is 39.8. The number of rotatable bonds is 4. The van der Waals surface area contributed by atoms with Crippen molar-refractivity contribution in [2.75, 3.05) is 6.54 Å². The monoisotopic (exact) mass is 315 g/mol. The molecule has 0 saturated carbocycles. The van der Waals surface area contributed by atoms with Gasteiger partial charge in [-0.05, 0) is 43.7 Å². The molecule has 1 rings (SSSR count). The Hall–Kier alpha value is -1.03. The quantitative estimate of drug-likeness (QED) is 0.815. The molecular weight excluding hydrogens is 287 g/mol. The summed E-state index contributed by atoms with van der Waals surface area (Å²) in [5, 5.41) is 2.97. The van der Waals surface area contributed by atoms with E-state index in [-0.39, 0.29) is 23.9 Å². The van der Waals surface area contributed by atoms with Crippen molar-refractivity contribution in [3.05, 3.63) is 35.4 Å². The van der Waals surface area contributed by atoms with Gasteiger partial charge in [0.05, 0.1) is 5.92 Å². The Morgan fingerprint density at radius 2 is 1.59 bits per heavy atom. The normalized spacial score (nSPS) is 15.0. The van der Waals surface area contributed by atoms with Crippen molar-refractivity contribution in [1.82, 2.24) is 5.32 Å².